The van der Waals surface area contributed by atoms with Crippen molar-refractivity contribution in [1.29, 1.82) is 0 Å². The van der Waals surface area contributed by atoms with Crippen molar-refractivity contribution in [1.82, 2.24) is 9.88 Å². The van der Waals surface area contributed by atoms with Gasteiger partial charge in [-0.2, -0.15) is 0 Å². The Morgan fingerprint density at radius 2 is 2.16 bits per heavy atom. The number of amides is 1. The fourth-order valence-corrected chi connectivity index (χ4v) is 2.17. The molecule has 0 spiro atoms. The molecule has 98 valence electrons. The molecule has 0 saturated heterocycles. The molecule has 1 amide bonds. The van der Waals surface area contributed by atoms with Crippen molar-refractivity contribution in [3.8, 4) is 0 Å². The summed E-state index contributed by atoms with van der Waals surface area (Å²) in [7, 11) is 1.75. The van der Waals surface area contributed by atoms with E-state index in [-0.39, 0.29) is 5.91 Å². The minimum atomic E-state index is -0.0658. The van der Waals surface area contributed by atoms with E-state index in [4.69, 9.17) is 11.6 Å². The van der Waals surface area contributed by atoms with Crippen molar-refractivity contribution in [2.45, 2.75) is 6.54 Å². The van der Waals surface area contributed by atoms with E-state index in [0.29, 0.717) is 17.1 Å². The molecular formula is C14H12ClIN2O. The zero-order valence-corrected chi connectivity index (χ0v) is 13.2. The highest BCUT2D eigenvalue weighted by Gasteiger charge is 2.13. The third-order valence-electron chi connectivity index (χ3n) is 2.64. The molecule has 3 nitrogen and oxygen atoms in total. The van der Waals surface area contributed by atoms with Crippen LogP contribution >= 0.6 is 34.2 Å². The Morgan fingerprint density at radius 3 is 2.79 bits per heavy atom. The molecule has 0 radical (unpaired) electrons. The molecule has 19 heavy (non-hydrogen) atoms. The first-order valence-corrected chi connectivity index (χ1v) is 7.14. The van der Waals surface area contributed by atoms with Crippen LogP contribution in [0.15, 0.2) is 42.6 Å². The van der Waals surface area contributed by atoms with Crippen molar-refractivity contribution in [3.63, 3.8) is 0 Å². The van der Waals surface area contributed by atoms with Crippen LogP contribution in [0.5, 0.6) is 0 Å². The van der Waals surface area contributed by atoms with Gasteiger partial charge in [0, 0.05) is 22.4 Å². The molecule has 0 unspecified atom stereocenters. The van der Waals surface area contributed by atoms with E-state index < -0.39 is 0 Å². The highest BCUT2D eigenvalue weighted by atomic mass is 127. The van der Waals surface area contributed by atoms with E-state index in [1.807, 2.05) is 24.3 Å². The van der Waals surface area contributed by atoms with Gasteiger partial charge in [0.15, 0.2) is 0 Å². The van der Waals surface area contributed by atoms with Crippen LogP contribution in [-0.2, 0) is 6.54 Å². The van der Waals surface area contributed by atoms with Gasteiger partial charge in [0.2, 0.25) is 0 Å². The minimum absolute atomic E-state index is 0.0658. The lowest BCUT2D eigenvalue weighted by Gasteiger charge is -2.17. The molecule has 0 aliphatic heterocycles. The second kappa shape index (κ2) is 6.34. The van der Waals surface area contributed by atoms with Gasteiger partial charge in [0.25, 0.3) is 5.91 Å². The second-order valence-electron chi connectivity index (χ2n) is 4.11. The molecule has 0 aliphatic carbocycles. The van der Waals surface area contributed by atoms with Crippen LogP contribution in [0.2, 0.25) is 5.02 Å². The molecule has 5 heteroatoms. The first-order chi connectivity index (χ1) is 9.08. The van der Waals surface area contributed by atoms with Crippen molar-refractivity contribution in [2.24, 2.45) is 0 Å². The number of halogens is 2. The maximum absolute atomic E-state index is 12.2. The summed E-state index contributed by atoms with van der Waals surface area (Å²) in [5.41, 5.74) is 1.44. The lowest BCUT2D eigenvalue weighted by Crippen LogP contribution is -2.26. The Labute approximate surface area is 130 Å². The van der Waals surface area contributed by atoms with Gasteiger partial charge in [-0.05, 0) is 52.9 Å². The number of nitrogens with zero attached hydrogens (tertiary/aromatic N) is 2. The average Bonchev–Trinajstić information content (AvgIpc) is 2.42. The number of pyridine rings is 1. The van der Waals surface area contributed by atoms with Gasteiger partial charge >= 0.3 is 0 Å². The SMILES string of the molecule is CN(Cc1ccccn1)C(=O)c1ccc(I)c(Cl)c1. The summed E-state index contributed by atoms with van der Waals surface area (Å²) in [6.07, 6.45) is 1.72. The Hall–Kier alpha value is -1.14. The highest BCUT2D eigenvalue weighted by molar-refractivity contribution is 14.1. The van der Waals surface area contributed by atoms with E-state index in [0.717, 1.165) is 9.26 Å². The number of carbonyl (C=O) groups is 1. The Kier molecular flexibility index (Phi) is 4.76. The number of hydrogen-bond acceptors (Lipinski definition) is 2. The topological polar surface area (TPSA) is 33.2 Å². The third kappa shape index (κ3) is 3.67. The van der Waals surface area contributed by atoms with Gasteiger partial charge in [-0.1, -0.05) is 17.7 Å². The monoisotopic (exact) mass is 386 g/mol. The average molecular weight is 387 g/mol. The van der Waals surface area contributed by atoms with E-state index in [1.165, 1.54) is 0 Å². The van der Waals surface area contributed by atoms with E-state index >= 15 is 0 Å². The van der Waals surface area contributed by atoms with Gasteiger partial charge < -0.3 is 4.90 Å². The van der Waals surface area contributed by atoms with Gasteiger partial charge in [0.05, 0.1) is 17.3 Å². The first kappa shape index (κ1) is 14.3. The van der Waals surface area contributed by atoms with Crippen LogP contribution in [0.3, 0.4) is 0 Å². The Balaban J connectivity index is 2.12. The molecule has 0 aliphatic rings. The fourth-order valence-electron chi connectivity index (χ4n) is 1.66. The summed E-state index contributed by atoms with van der Waals surface area (Å²) in [5.74, 6) is -0.0658. The number of hydrogen-bond donors (Lipinski definition) is 0. The molecular weight excluding hydrogens is 375 g/mol. The van der Waals surface area contributed by atoms with E-state index in [1.54, 1.807) is 30.3 Å². The summed E-state index contributed by atoms with van der Waals surface area (Å²) in [6.45, 7) is 0.475. The summed E-state index contributed by atoms with van der Waals surface area (Å²) in [6, 6.07) is 11.0. The van der Waals surface area contributed by atoms with Crippen molar-refractivity contribution < 1.29 is 4.79 Å². The summed E-state index contributed by atoms with van der Waals surface area (Å²) < 4.78 is 0.934. The number of carbonyl (C=O) groups excluding carboxylic acids is 1. The largest absolute Gasteiger partial charge is 0.336 e. The highest BCUT2D eigenvalue weighted by Crippen LogP contribution is 2.20. The fraction of sp³-hybridized carbons (Fsp3) is 0.143. The zero-order chi connectivity index (χ0) is 13.8. The van der Waals surface area contributed by atoms with Crippen LogP contribution < -0.4 is 0 Å². The molecule has 1 aromatic heterocycles. The maximum Gasteiger partial charge on any atom is 0.254 e. The second-order valence-corrected chi connectivity index (χ2v) is 5.68. The lowest BCUT2D eigenvalue weighted by molar-refractivity contribution is 0.0783. The van der Waals surface area contributed by atoms with Crippen molar-refractivity contribution in [2.75, 3.05) is 7.05 Å². The first-order valence-electron chi connectivity index (χ1n) is 5.68. The van der Waals surface area contributed by atoms with Crippen LogP contribution in [0.4, 0.5) is 0 Å². The van der Waals surface area contributed by atoms with E-state index in [9.17, 15) is 4.79 Å². The van der Waals surface area contributed by atoms with Gasteiger partial charge in [-0.25, -0.2) is 0 Å². The van der Waals surface area contributed by atoms with Gasteiger partial charge in [-0.3, -0.25) is 9.78 Å². The molecule has 1 heterocycles. The van der Waals surface area contributed by atoms with Gasteiger partial charge in [0.1, 0.15) is 0 Å². The molecule has 2 aromatic rings. The normalized spacial score (nSPS) is 10.3. The molecule has 2 rings (SSSR count). The maximum atomic E-state index is 12.2. The third-order valence-corrected chi connectivity index (χ3v) is 4.21. The predicted molar refractivity (Wildman–Crippen MR) is 84.2 cm³/mol. The lowest BCUT2D eigenvalue weighted by atomic mass is 10.2. The molecule has 0 fully saturated rings. The van der Waals surface area contributed by atoms with Gasteiger partial charge in [-0.15, -0.1) is 0 Å². The molecule has 0 N–H and O–H groups in total. The molecule has 0 atom stereocenters. The molecule has 0 bridgehead atoms. The molecule has 1 aromatic carbocycles. The van der Waals surface area contributed by atoms with Crippen molar-refractivity contribution >= 4 is 40.1 Å². The summed E-state index contributed by atoms with van der Waals surface area (Å²) in [4.78, 5) is 18.1. The summed E-state index contributed by atoms with van der Waals surface area (Å²) >= 11 is 8.17. The van der Waals surface area contributed by atoms with Crippen LogP contribution in [0.1, 0.15) is 16.1 Å². The van der Waals surface area contributed by atoms with Crippen LogP contribution in [-0.4, -0.2) is 22.8 Å². The predicted octanol–water partition coefficient (Wildman–Crippen LogP) is 3.61. The van der Waals surface area contributed by atoms with Crippen LogP contribution in [0.25, 0.3) is 0 Å². The van der Waals surface area contributed by atoms with Crippen LogP contribution in [0, 0.1) is 3.57 Å². The Morgan fingerprint density at radius 1 is 1.37 bits per heavy atom. The number of rotatable bonds is 3. The number of aromatic nitrogens is 1. The zero-order valence-electron chi connectivity index (χ0n) is 10.3. The quantitative estimate of drug-likeness (QED) is 0.755. The summed E-state index contributed by atoms with van der Waals surface area (Å²) in [5, 5.41) is 0.595. The van der Waals surface area contributed by atoms with Crippen molar-refractivity contribution in [3.05, 3.63) is 62.4 Å². The standard InChI is InChI=1S/C14H12ClIN2O/c1-18(9-11-4-2-3-7-17-11)14(19)10-5-6-13(16)12(15)8-10/h2-8H,9H2,1H3. The number of benzene rings is 1. The smallest absolute Gasteiger partial charge is 0.254 e. The Bertz CT molecular complexity index is 589. The minimum Gasteiger partial charge on any atom is -0.336 e. The molecule has 0 saturated carbocycles. The van der Waals surface area contributed by atoms with E-state index in [2.05, 4.69) is 27.6 Å².